The van der Waals surface area contributed by atoms with E-state index >= 15 is 0 Å². The standard InChI is InChI=1S/C22H28N2O/c1-16-5-7-21(14-17(16)2)19(4)23-9-11-24(12-10-23)22-8-6-20(15-25)13-18(22)3/h5-8,13-15,19H,9-12H2,1-4H3/p+1/t19-/m1/s1. The summed E-state index contributed by atoms with van der Waals surface area (Å²) in [5.74, 6) is 0. The van der Waals surface area contributed by atoms with Gasteiger partial charge < -0.3 is 9.80 Å². The summed E-state index contributed by atoms with van der Waals surface area (Å²) in [6.45, 7) is 13.2. The molecule has 0 radical (unpaired) electrons. The van der Waals surface area contributed by atoms with E-state index in [2.05, 4.69) is 56.9 Å². The highest BCUT2D eigenvalue weighted by molar-refractivity contribution is 5.77. The average molecular weight is 337 g/mol. The molecule has 1 aliphatic rings. The second-order valence-corrected chi connectivity index (χ2v) is 7.37. The fourth-order valence-electron chi connectivity index (χ4n) is 3.84. The summed E-state index contributed by atoms with van der Waals surface area (Å²) in [4.78, 5) is 15.0. The molecule has 1 atom stereocenters. The van der Waals surface area contributed by atoms with Gasteiger partial charge >= 0.3 is 0 Å². The molecule has 25 heavy (non-hydrogen) atoms. The SMILES string of the molecule is Cc1ccc([C@@H](C)[NH+]2CCN(c3ccc(C=O)cc3C)CC2)cc1C. The maximum absolute atomic E-state index is 10.9. The number of hydrogen-bond donors (Lipinski definition) is 1. The zero-order valence-corrected chi connectivity index (χ0v) is 15.8. The summed E-state index contributed by atoms with van der Waals surface area (Å²) in [5, 5.41) is 0. The lowest BCUT2D eigenvalue weighted by Gasteiger charge is -2.37. The fourth-order valence-corrected chi connectivity index (χ4v) is 3.84. The Balaban J connectivity index is 1.67. The lowest BCUT2D eigenvalue weighted by Crippen LogP contribution is -3.14. The molecule has 0 aliphatic carbocycles. The summed E-state index contributed by atoms with van der Waals surface area (Å²) < 4.78 is 0. The van der Waals surface area contributed by atoms with E-state index in [1.165, 1.54) is 27.9 Å². The van der Waals surface area contributed by atoms with Crippen molar-refractivity contribution in [1.82, 2.24) is 0 Å². The Morgan fingerprint density at radius 2 is 1.68 bits per heavy atom. The number of rotatable bonds is 4. The first-order chi connectivity index (χ1) is 12.0. The van der Waals surface area contributed by atoms with Crippen LogP contribution in [0.3, 0.4) is 0 Å². The van der Waals surface area contributed by atoms with Gasteiger partial charge in [0.25, 0.3) is 0 Å². The van der Waals surface area contributed by atoms with Gasteiger partial charge in [-0.2, -0.15) is 0 Å². The van der Waals surface area contributed by atoms with Crippen LogP contribution in [0.15, 0.2) is 36.4 Å². The van der Waals surface area contributed by atoms with E-state index in [-0.39, 0.29) is 0 Å². The minimum atomic E-state index is 0.528. The molecule has 0 spiro atoms. The minimum absolute atomic E-state index is 0.528. The van der Waals surface area contributed by atoms with E-state index in [0.29, 0.717) is 6.04 Å². The summed E-state index contributed by atoms with van der Waals surface area (Å²) in [7, 11) is 0. The molecule has 3 nitrogen and oxygen atoms in total. The molecule has 3 rings (SSSR count). The first-order valence-corrected chi connectivity index (χ1v) is 9.22. The molecule has 3 heteroatoms. The van der Waals surface area contributed by atoms with Crippen molar-refractivity contribution in [2.75, 3.05) is 31.1 Å². The highest BCUT2D eigenvalue weighted by Crippen LogP contribution is 2.21. The van der Waals surface area contributed by atoms with Crippen molar-refractivity contribution in [1.29, 1.82) is 0 Å². The quantitative estimate of drug-likeness (QED) is 0.868. The maximum Gasteiger partial charge on any atom is 0.150 e. The predicted molar refractivity (Wildman–Crippen MR) is 104 cm³/mol. The van der Waals surface area contributed by atoms with Crippen molar-refractivity contribution in [2.45, 2.75) is 33.7 Å². The van der Waals surface area contributed by atoms with Crippen LogP contribution in [0.5, 0.6) is 0 Å². The Morgan fingerprint density at radius 3 is 2.28 bits per heavy atom. The molecule has 1 fully saturated rings. The van der Waals surface area contributed by atoms with Crippen LogP contribution in [0.1, 0.15) is 45.6 Å². The lowest BCUT2D eigenvalue weighted by atomic mass is 10.0. The van der Waals surface area contributed by atoms with Gasteiger partial charge in [-0.1, -0.05) is 12.1 Å². The van der Waals surface area contributed by atoms with E-state index < -0.39 is 0 Å². The molecule has 2 aromatic rings. The summed E-state index contributed by atoms with van der Waals surface area (Å²) in [5.41, 5.74) is 7.41. The lowest BCUT2D eigenvalue weighted by molar-refractivity contribution is -0.930. The van der Waals surface area contributed by atoms with Gasteiger partial charge in [-0.05, 0) is 68.7 Å². The first kappa shape index (κ1) is 17.7. The number of anilines is 1. The number of quaternary nitrogens is 1. The Labute approximate surface area is 151 Å². The zero-order valence-electron chi connectivity index (χ0n) is 15.8. The molecular formula is C22H29N2O+. The highest BCUT2D eigenvalue weighted by atomic mass is 16.1. The number of hydrogen-bond acceptors (Lipinski definition) is 2. The third kappa shape index (κ3) is 3.77. The third-order valence-corrected chi connectivity index (χ3v) is 5.75. The third-order valence-electron chi connectivity index (χ3n) is 5.75. The second-order valence-electron chi connectivity index (χ2n) is 7.37. The number of nitrogens with zero attached hydrogens (tertiary/aromatic N) is 1. The number of aryl methyl sites for hydroxylation is 3. The molecule has 2 aromatic carbocycles. The number of carbonyl (C=O) groups excluding carboxylic acids is 1. The van der Waals surface area contributed by atoms with Crippen LogP contribution >= 0.6 is 0 Å². The molecule has 1 saturated heterocycles. The number of nitrogens with one attached hydrogen (secondary N) is 1. The fraction of sp³-hybridized carbons (Fsp3) is 0.409. The Bertz CT molecular complexity index is 761. The van der Waals surface area contributed by atoms with Crippen LogP contribution in [0.4, 0.5) is 5.69 Å². The van der Waals surface area contributed by atoms with E-state index in [4.69, 9.17) is 0 Å². The summed E-state index contributed by atoms with van der Waals surface area (Å²) >= 11 is 0. The van der Waals surface area contributed by atoms with Crippen LogP contribution in [0, 0.1) is 20.8 Å². The molecule has 0 unspecified atom stereocenters. The Hall–Kier alpha value is -2.13. The van der Waals surface area contributed by atoms with Crippen LogP contribution < -0.4 is 9.80 Å². The molecule has 1 heterocycles. The molecule has 0 amide bonds. The van der Waals surface area contributed by atoms with Gasteiger partial charge in [-0.15, -0.1) is 0 Å². The number of benzene rings is 2. The van der Waals surface area contributed by atoms with Gasteiger partial charge in [-0.25, -0.2) is 0 Å². The monoisotopic (exact) mass is 337 g/mol. The predicted octanol–water partition coefficient (Wildman–Crippen LogP) is 2.89. The molecular weight excluding hydrogens is 308 g/mol. The van der Waals surface area contributed by atoms with Crippen molar-refractivity contribution >= 4 is 12.0 Å². The van der Waals surface area contributed by atoms with E-state index in [1.807, 2.05) is 12.1 Å². The normalized spacial score (nSPS) is 16.7. The van der Waals surface area contributed by atoms with Crippen molar-refractivity contribution in [3.05, 3.63) is 64.2 Å². The van der Waals surface area contributed by atoms with Crippen molar-refractivity contribution in [3.8, 4) is 0 Å². The van der Waals surface area contributed by atoms with Gasteiger partial charge in [0.15, 0.2) is 0 Å². The van der Waals surface area contributed by atoms with Crippen LogP contribution in [0.25, 0.3) is 0 Å². The molecule has 0 bridgehead atoms. The Morgan fingerprint density at radius 1 is 0.960 bits per heavy atom. The number of carbonyl (C=O) groups is 1. The molecule has 1 aliphatic heterocycles. The minimum Gasteiger partial charge on any atom is -0.360 e. The smallest absolute Gasteiger partial charge is 0.150 e. The van der Waals surface area contributed by atoms with E-state index in [0.717, 1.165) is 38.0 Å². The number of piperazine rings is 1. The van der Waals surface area contributed by atoms with Gasteiger partial charge in [0.2, 0.25) is 0 Å². The topological polar surface area (TPSA) is 24.8 Å². The largest absolute Gasteiger partial charge is 0.360 e. The van der Waals surface area contributed by atoms with Crippen LogP contribution in [-0.4, -0.2) is 32.5 Å². The van der Waals surface area contributed by atoms with Gasteiger partial charge in [0.1, 0.15) is 12.3 Å². The van der Waals surface area contributed by atoms with E-state index in [1.54, 1.807) is 4.90 Å². The molecule has 1 N–H and O–H groups in total. The summed E-state index contributed by atoms with van der Waals surface area (Å²) in [6.07, 6.45) is 0.921. The average Bonchev–Trinajstić information content (AvgIpc) is 2.63. The summed E-state index contributed by atoms with van der Waals surface area (Å²) in [6, 6.07) is 13.4. The number of aldehydes is 1. The van der Waals surface area contributed by atoms with Crippen molar-refractivity contribution in [3.63, 3.8) is 0 Å². The highest BCUT2D eigenvalue weighted by Gasteiger charge is 2.26. The van der Waals surface area contributed by atoms with Gasteiger partial charge in [0, 0.05) is 16.8 Å². The van der Waals surface area contributed by atoms with Gasteiger partial charge in [0.05, 0.1) is 26.2 Å². The van der Waals surface area contributed by atoms with Crippen LogP contribution in [-0.2, 0) is 0 Å². The van der Waals surface area contributed by atoms with E-state index in [9.17, 15) is 4.79 Å². The first-order valence-electron chi connectivity index (χ1n) is 9.22. The Kier molecular flexibility index (Phi) is 5.24. The van der Waals surface area contributed by atoms with Gasteiger partial charge in [-0.3, -0.25) is 4.79 Å². The van der Waals surface area contributed by atoms with Crippen molar-refractivity contribution in [2.24, 2.45) is 0 Å². The van der Waals surface area contributed by atoms with Crippen LogP contribution in [0.2, 0.25) is 0 Å². The molecule has 0 saturated carbocycles. The second kappa shape index (κ2) is 7.40. The zero-order chi connectivity index (χ0) is 18.0. The molecule has 0 aromatic heterocycles. The maximum atomic E-state index is 10.9. The molecule has 132 valence electrons. The van der Waals surface area contributed by atoms with Crippen molar-refractivity contribution < 1.29 is 9.69 Å².